The van der Waals surface area contributed by atoms with Crippen LogP contribution >= 0.6 is 23.7 Å². The van der Waals surface area contributed by atoms with E-state index >= 15 is 0 Å². The first kappa shape index (κ1) is 24.6. The lowest BCUT2D eigenvalue weighted by Gasteiger charge is -2.18. The van der Waals surface area contributed by atoms with E-state index in [9.17, 15) is 4.79 Å². The molecule has 4 aromatic rings. The summed E-state index contributed by atoms with van der Waals surface area (Å²) in [6.07, 6.45) is 9.56. The molecule has 0 radical (unpaired) electrons. The van der Waals surface area contributed by atoms with E-state index < -0.39 is 0 Å². The van der Waals surface area contributed by atoms with Gasteiger partial charge >= 0.3 is 0 Å². The fourth-order valence-corrected chi connectivity index (χ4v) is 4.72. The van der Waals surface area contributed by atoms with Gasteiger partial charge in [-0.15, -0.1) is 12.4 Å². The summed E-state index contributed by atoms with van der Waals surface area (Å²) in [4.78, 5) is 23.9. The first-order chi connectivity index (χ1) is 16.7. The van der Waals surface area contributed by atoms with E-state index in [2.05, 4.69) is 4.98 Å². The second-order valence-electron chi connectivity index (χ2n) is 7.62. The second-order valence-corrected chi connectivity index (χ2v) is 8.63. The van der Waals surface area contributed by atoms with Crippen molar-refractivity contribution in [3.8, 4) is 17.2 Å². The summed E-state index contributed by atoms with van der Waals surface area (Å²) in [5.41, 5.74) is 1.63. The van der Waals surface area contributed by atoms with Crippen molar-refractivity contribution in [3.05, 3.63) is 66.8 Å². The van der Waals surface area contributed by atoms with Gasteiger partial charge in [0.2, 0.25) is 6.79 Å². The minimum atomic E-state index is -0.139. The number of aromatic nitrogens is 3. The molecule has 0 atom stereocenters. The summed E-state index contributed by atoms with van der Waals surface area (Å²) in [6.45, 7) is 3.99. The van der Waals surface area contributed by atoms with Gasteiger partial charge in [0.1, 0.15) is 11.3 Å². The highest BCUT2D eigenvalue weighted by molar-refractivity contribution is 7.22. The molecule has 8 nitrogen and oxygen atoms in total. The minimum Gasteiger partial charge on any atom is -0.492 e. The lowest BCUT2D eigenvalue weighted by molar-refractivity contribution is -0.114. The molecule has 1 aliphatic rings. The van der Waals surface area contributed by atoms with Crippen LogP contribution in [-0.4, -0.2) is 40.4 Å². The Morgan fingerprint density at radius 1 is 1.26 bits per heavy atom. The van der Waals surface area contributed by atoms with E-state index in [1.165, 1.54) is 11.3 Å². The Morgan fingerprint density at radius 3 is 2.97 bits per heavy atom. The normalized spacial score (nSPS) is 12.1. The predicted octanol–water partition coefficient (Wildman–Crippen LogP) is 5.18. The molecule has 10 heteroatoms. The van der Waals surface area contributed by atoms with Gasteiger partial charge in [0, 0.05) is 31.6 Å². The summed E-state index contributed by atoms with van der Waals surface area (Å²) in [7, 11) is 0. The number of benzene rings is 2. The van der Waals surface area contributed by atoms with Gasteiger partial charge in [-0.2, -0.15) is 0 Å². The molecule has 2 aromatic heterocycles. The molecule has 3 heterocycles. The second kappa shape index (κ2) is 11.2. The number of nitrogens with zero attached hydrogens (tertiary/aromatic N) is 4. The number of thiazole rings is 1. The molecular weight excluding hydrogens is 488 g/mol. The van der Waals surface area contributed by atoms with E-state index in [0.717, 1.165) is 34.5 Å². The van der Waals surface area contributed by atoms with Gasteiger partial charge in [-0.05, 0) is 49.2 Å². The molecule has 0 bridgehead atoms. The number of ether oxygens (including phenoxy) is 3. The summed E-state index contributed by atoms with van der Waals surface area (Å²) < 4.78 is 19.5. The lowest BCUT2D eigenvalue weighted by Crippen LogP contribution is -2.30. The number of fused-ring (bicyclic) bond motifs is 2. The van der Waals surface area contributed by atoms with Crippen LogP contribution in [0.2, 0.25) is 0 Å². The number of amides is 1. The quantitative estimate of drug-likeness (QED) is 0.288. The van der Waals surface area contributed by atoms with Gasteiger partial charge in [-0.1, -0.05) is 23.5 Å². The molecule has 182 valence electrons. The van der Waals surface area contributed by atoms with Crippen molar-refractivity contribution in [1.29, 1.82) is 0 Å². The van der Waals surface area contributed by atoms with Gasteiger partial charge < -0.3 is 18.8 Å². The highest BCUT2D eigenvalue weighted by Crippen LogP contribution is 2.35. The average molecular weight is 513 g/mol. The minimum absolute atomic E-state index is 0. The summed E-state index contributed by atoms with van der Waals surface area (Å²) >= 11 is 1.48. The van der Waals surface area contributed by atoms with Crippen molar-refractivity contribution < 1.29 is 19.0 Å². The molecule has 0 spiro atoms. The van der Waals surface area contributed by atoms with Crippen molar-refractivity contribution in [2.75, 3.05) is 24.8 Å². The SMILES string of the molecule is CCOc1cccc2sc(N(CCCn3ccnc3)C(=O)/C=C/c3ccc4c(c3)OCO4)nc12.Cl. The summed E-state index contributed by atoms with van der Waals surface area (Å²) in [6, 6.07) is 11.4. The monoisotopic (exact) mass is 512 g/mol. The molecule has 0 saturated carbocycles. The van der Waals surface area contributed by atoms with Crippen LogP contribution in [-0.2, 0) is 11.3 Å². The van der Waals surface area contributed by atoms with Crippen molar-refractivity contribution in [2.24, 2.45) is 0 Å². The largest absolute Gasteiger partial charge is 0.492 e. The van der Waals surface area contributed by atoms with E-state index in [4.69, 9.17) is 19.2 Å². The Hall–Kier alpha value is -3.56. The molecular formula is C25H25ClN4O4S. The zero-order valence-electron chi connectivity index (χ0n) is 19.1. The summed E-state index contributed by atoms with van der Waals surface area (Å²) in [5.74, 6) is 1.98. The number of rotatable bonds is 9. The number of halogens is 1. The fraction of sp³-hybridized carbons (Fsp3) is 0.240. The Morgan fingerprint density at radius 2 is 2.14 bits per heavy atom. The van der Waals surface area contributed by atoms with Gasteiger partial charge in [-0.3, -0.25) is 9.69 Å². The highest BCUT2D eigenvalue weighted by Gasteiger charge is 2.19. The van der Waals surface area contributed by atoms with Crippen LogP contribution in [0.3, 0.4) is 0 Å². The first-order valence-electron chi connectivity index (χ1n) is 11.1. The van der Waals surface area contributed by atoms with Gasteiger partial charge in [0.15, 0.2) is 16.6 Å². The third-order valence-electron chi connectivity index (χ3n) is 5.34. The number of carbonyl (C=O) groups is 1. The molecule has 0 unspecified atom stereocenters. The van der Waals surface area contributed by atoms with Crippen molar-refractivity contribution in [2.45, 2.75) is 19.9 Å². The Bertz CT molecular complexity index is 1320. The van der Waals surface area contributed by atoms with E-state index in [-0.39, 0.29) is 25.1 Å². The topological polar surface area (TPSA) is 78.7 Å². The predicted molar refractivity (Wildman–Crippen MR) is 139 cm³/mol. The number of anilines is 1. The standard InChI is InChI=1S/C25H24N4O4S.ClH/c1-2-31-20-5-3-6-22-24(20)27-25(34-22)29(13-4-12-28-14-11-26-16-28)23(30)10-8-18-7-9-19-21(15-18)33-17-32-19;/h3,5-11,14-16H,2,4,12-13,17H2,1H3;1H/b10-8+;. The van der Waals surface area contributed by atoms with Gasteiger partial charge in [0.25, 0.3) is 5.91 Å². The summed E-state index contributed by atoms with van der Waals surface area (Å²) in [5, 5.41) is 0.646. The van der Waals surface area contributed by atoms with E-state index in [1.807, 2.05) is 54.1 Å². The molecule has 5 rings (SSSR count). The van der Waals surface area contributed by atoms with E-state index in [0.29, 0.717) is 29.8 Å². The van der Waals surface area contributed by atoms with Crippen LogP contribution < -0.4 is 19.1 Å². The van der Waals surface area contributed by atoms with Crippen LogP contribution in [0.25, 0.3) is 16.3 Å². The van der Waals surface area contributed by atoms with Crippen molar-refractivity contribution in [3.63, 3.8) is 0 Å². The number of hydrogen-bond donors (Lipinski definition) is 0. The number of para-hydroxylation sites is 1. The molecule has 1 amide bonds. The Labute approximate surface area is 213 Å². The van der Waals surface area contributed by atoms with Crippen LogP contribution in [0, 0.1) is 0 Å². The van der Waals surface area contributed by atoms with E-state index in [1.54, 1.807) is 29.6 Å². The fourth-order valence-electron chi connectivity index (χ4n) is 3.70. The van der Waals surface area contributed by atoms with Crippen molar-refractivity contribution >= 4 is 51.1 Å². The van der Waals surface area contributed by atoms with Crippen LogP contribution in [0.4, 0.5) is 5.13 Å². The first-order valence-corrected chi connectivity index (χ1v) is 11.9. The van der Waals surface area contributed by atoms with Gasteiger partial charge in [-0.25, -0.2) is 9.97 Å². The zero-order chi connectivity index (χ0) is 23.3. The van der Waals surface area contributed by atoms with Crippen molar-refractivity contribution in [1.82, 2.24) is 14.5 Å². The average Bonchev–Trinajstić information content (AvgIpc) is 3.61. The number of imidazole rings is 1. The Kier molecular flexibility index (Phi) is 7.89. The maximum Gasteiger partial charge on any atom is 0.252 e. The molecule has 35 heavy (non-hydrogen) atoms. The zero-order valence-corrected chi connectivity index (χ0v) is 20.8. The maximum absolute atomic E-state index is 13.3. The van der Waals surface area contributed by atoms with Crippen LogP contribution in [0.1, 0.15) is 18.9 Å². The molecule has 0 fully saturated rings. The number of carbonyl (C=O) groups excluding carboxylic acids is 1. The Balaban J connectivity index is 0.00000289. The van der Waals surface area contributed by atoms with Gasteiger partial charge in [0.05, 0.1) is 17.6 Å². The van der Waals surface area contributed by atoms with Crippen LogP contribution in [0.15, 0.2) is 61.2 Å². The third kappa shape index (κ3) is 5.58. The number of aryl methyl sites for hydroxylation is 1. The van der Waals surface area contributed by atoms with Crippen LogP contribution in [0.5, 0.6) is 17.2 Å². The third-order valence-corrected chi connectivity index (χ3v) is 6.38. The molecule has 0 saturated heterocycles. The molecule has 1 aliphatic heterocycles. The molecule has 0 N–H and O–H groups in total. The molecule has 0 aliphatic carbocycles. The smallest absolute Gasteiger partial charge is 0.252 e. The maximum atomic E-state index is 13.3. The number of hydrogen-bond acceptors (Lipinski definition) is 7. The molecule has 2 aromatic carbocycles. The highest BCUT2D eigenvalue weighted by atomic mass is 35.5. The lowest BCUT2D eigenvalue weighted by atomic mass is 10.2.